The summed E-state index contributed by atoms with van der Waals surface area (Å²) in [5.41, 5.74) is 1.33. The van der Waals surface area contributed by atoms with Crippen LogP contribution < -0.4 is 11.2 Å². The number of aromatic nitrogens is 3. The van der Waals surface area contributed by atoms with Gasteiger partial charge in [-0.05, 0) is 18.6 Å². The second-order valence-corrected chi connectivity index (χ2v) is 5.21. The number of rotatable bonds is 3. The summed E-state index contributed by atoms with van der Waals surface area (Å²) in [4.78, 5) is 35.2. The van der Waals surface area contributed by atoms with Gasteiger partial charge < -0.3 is 0 Å². The molecule has 0 fully saturated rings. The number of fused-ring (bicyclic) bond motifs is 1. The lowest BCUT2D eigenvalue weighted by Crippen LogP contribution is -2.36. The van der Waals surface area contributed by atoms with E-state index in [0.717, 1.165) is 12.0 Å². The van der Waals surface area contributed by atoms with Crippen molar-refractivity contribution in [2.45, 2.75) is 26.3 Å². The molecule has 3 rings (SSSR count). The standard InChI is InChI=1S/C14H13ClN4O2/c1-2-5-19-13(20)9-6-10(17-12(9)18-14(19)21)8-3-4-11(15)16-7-8/h3-4,7H,2,5-6H2,1H3,(H,18,21). The summed E-state index contributed by atoms with van der Waals surface area (Å²) in [6.07, 6.45) is 2.71. The van der Waals surface area contributed by atoms with Crippen LogP contribution in [0.5, 0.6) is 0 Å². The number of nitrogens with one attached hydrogen (secondary N) is 1. The molecular weight excluding hydrogens is 292 g/mol. The van der Waals surface area contributed by atoms with Gasteiger partial charge in [-0.3, -0.25) is 14.3 Å². The van der Waals surface area contributed by atoms with Gasteiger partial charge in [-0.25, -0.2) is 14.8 Å². The number of pyridine rings is 1. The second-order valence-electron chi connectivity index (χ2n) is 4.82. The minimum Gasteiger partial charge on any atom is -0.291 e. The first-order valence-corrected chi connectivity index (χ1v) is 7.03. The molecule has 1 N–H and O–H groups in total. The van der Waals surface area contributed by atoms with Crippen LogP contribution >= 0.6 is 11.6 Å². The molecule has 0 aliphatic carbocycles. The molecule has 0 unspecified atom stereocenters. The van der Waals surface area contributed by atoms with E-state index in [9.17, 15) is 9.59 Å². The number of halogens is 1. The van der Waals surface area contributed by atoms with Crippen molar-refractivity contribution in [2.24, 2.45) is 4.99 Å². The molecule has 108 valence electrons. The van der Waals surface area contributed by atoms with E-state index in [4.69, 9.17) is 11.6 Å². The van der Waals surface area contributed by atoms with Crippen LogP contribution in [-0.4, -0.2) is 20.2 Å². The van der Waals surface area contributed by atoms with E-state index in [1.807, 2.05) is 6.92 Å². The molecule has 0 spiro atoms. The van der Waals surface area contributed by atoms with E-state index in [1.54, 1.807) is 18.3 Å². The minimum absolute atomic E-state index is 0.267. The van der Waals surface area contributed by atoms with Crippen molar-refractivity contribution in [3.63, 3.8) is 0 Å². The fourth-order valence-corrected chi connectivity index (χ4v) is 2.45. The number of nitrogens with zero attached hydrogens (tertiary/aromatic N) is 3. The fourth-order valence-electron chi connectivity index (χ4n) is 2.34. The molecule has 0 radical (unpaired) electrons. The SMILES string of the molecule is CCCn1c(=O)[nH]c2c(c1=O)CC(c1ccc(Cl)nc1)=N2. The summed E-state index contributed by atoms with van der Waals surface area (Å²) in [6, 6.07) is 3.46. The van der Waals surface area contributed by atoms with Crippen LogP contribution in [0.2, 0.25) is 5.15 Å². The van der Waals surface area contributed by atoms with Crippen molar-refractivity contribution in [1.82, 2.24) is 14.5 Å². The quantitative estimate of drug-likeness (QED) is 0.876. The Bertz CT molecular complexity index is 834. The Balaban J connectivity index is 2.04. The molecule has 7 heteroatoms. The van der Waals surface area contributed by atoms with E-state index < -0.39 is 5.69 Å². The van der Waals surface area contributed by atoms with Gasteiger partial charge in [-0.15, -0.1) is 0 Å². The monoisotopic (exact) mass is 304 g/mol. The third kappa shape index (κ3) is 2.42. The lowest BCUT2D eigenvalue weighted by atomic mass is 10.1. The number of hydrogen-bond acceptors (Lipinski definition) is 4. The molecule has 2 aromatic heterocycles. The fraction of sp³-hybridized carbons (Fsp3) is 0.286. The predicted molar refractivity (Wildman–Crippen MR) is 80.8 cm³/mol. The van der Waals surface area contributed by atoms with Crippen LogP contribution in [-0.2, 0) is 13.0 Å². The zero-order chi connectivity index (χ0) is 15.0. The highest BCUT2D eigenvalue weighted by Crippen LogP contribution is 2.23. The van der Waals surface area contributed by atoms with Gasteiger partial charge in [-0.2, -0.15) is 0 Å². The van der Waals surface area contributed by atoms with Crippen LogP contribution in [0.3, 0.4) is 0 Å². The molecule has 0 atom stereocenters. The third-order valence-electron chi connectivity index (χ3n) is 3.36. The third-order valence-corrected chi connectivity index (χ3v) is 3.58. The molecule has 2 aromatic rings. The average Bonchev–Trinajstić information content (AvgIpc) is 2.88. The Morgan fingerprint density at radius 1 is 1.38 bits per heavy atom. The molecule has 0 saturated carbocycles. The lowest BCUT2D eigenvalue weighted by Gasteiger charge is -2.04. The summed E-state index contributed by atoms with van der Waals surface area (Å²) in [7, 11) is 0. The van der Waals surface area contributed by atoms with E-state index in [2.05, 4.69) is 15.0 Å². The van der Waals surface area contributed by atoms with Crippen molar-refractivity contribution in [3.8, 4) is 0 Å². The van der Waals surface area contributed by atoms with Crippen LogP contribution in [0.15, 0.2) is 32.9 Å². The van der Waals surface area contributed by atoms with Gasteiger partial charge in [0.15, 0.2) is 0 Å². The molecule has 1 aliphatic rings. The molecular formula is C14H13ClN4O2. The normalized spacial score (nSPS) is 13.1. The highest BCUT2D eigenvalue weighted by molar-refractivity contribution is 6.29. The van der Waals surface area contributed by atoms with Crippen molar-refractivity contribution in [1.29, 1.82) is 0 Å². The minimum atomic E-state index is -0.417. The maximum absolute atomic E-state index is 12.3. The van der Waals surface area contributed by atoms with E-state index in [-0.39, 0.29) is 5.56 Å². The number of hydrogen-bond donors (Lipinski definition) is 1. The first-order valence-electron chi connectivity index (χ1n) is 6.65. The number of aromatic amines is 1. The summed E-state index contributed by atoms with van der Waals surface area (Å²) in [5, 5.41) is 0.397. The Labute approximate surface area is 125 Å². The van der Waals surface area contributed by atoms with Gasteiger partial charge in [0.2, 0.25) is 0 Å². The summed E-state index contributed by atoms with van der Waals surface area (Å²) < 4.78 is 1.22. The molecule has 1 aliphatic heterocycles. The Morgan fingerprint density at radius 2 is 2.19 bits per heavy atom. The molecule has 0 saturated heterocycles. The highest BCUT2D eigenvalue weighted by Gasteiger charge is 2.22. The molecule has 0 bridgehead atoms. The average molecular weight is 305 g/mol. The van der Waals surface area contributed by atoms with Crippen LogP contribution in [0, 0.1) is 0 Å². The van der Waals surface area contributed by atoms with Gasteiger partial charge in [0, 0.05) is 24.7 Å². The first kappa shape index (κ1) is 13.8. The lowest BCUT2D eigenvalue weighted by molar-refractivity contribution is 0.612. The maximum Gasteiger partial charge on any atom is 0.329 e. The Morgan fingerprint density at radius 3 is 2.86 bits per heavy atom. The predicted octanol–water partition coefficient (Wildman–Crippen LogP) is 1.67. The van der Waals surface area contributed by atoms with E-state index >= 15 is 0 Å². The topological polar surface area (TPSA) is 80.1 Å². The first-order chi connectivity index (χ1) is 10.1. The Kier molecular flexibility index (Phi) is 3.47. The number of H-pyrrole nitrogens is 1. The molecule has 0 aromatic carbocycles. The van der Waals surface area contributed by atoms with Gasteiger partial charge >= 0.3 is 5.69 Å². The van der Waals surface area contributed by atoms with Gasteiger partial charge in [0.05, 0.1) is 11.3 Å². The smallest absolute Gasteiger partial charge is 0.291 e. The zero-order valence-corrected chi connectivity index (χ0v) is 12.1. The van der Waals surface area contributed by atoms with Crippen molar-refractivity contribution in [2.75, 3.05) is 0 Å². The summed E-state index contributed by atoms with van der Waals surface area (Å²) in [5.74, 6) is 0.349. The van der Waals surface area contributed by atoms with Gasteiger partial charge in [0.1, 0.15) is 11.0 Å². The highest BCUT2D eigenvalue weighted by atomic mass is 35.5. The molecule has 6 nitrogen and oxygen atoms in total. The van der Waals surface area contributed by atoms with E-state index in [1.165, 1.54) is 4.57 Å². The zero-order valence-electron chi connectivity index (χ0n) is 11.4. The van der Waals surface area contributed by atoms with Crippen molar-refractivity contribution >= 4 is 23.1 Å². The van der Waals surface area contributed by atoms with E-state index in [0.29, 0.717) is 35.2 Å². The Hall–Kier alpha value is -2.21. The van der Waals surface area contributed by atoms with Gasteiger partial charge in [0.25, 0.3) is 5.56 Å². The van der Waals surface area contributed by atoms with Crippen molar-refractivity contribution in [3.05, 3.63) is 55.4 Å². The summed E-state index contributed by atoms with van der Waals surface area (Å²) in [6.45, 7) is 2.32. The van der Waals surface area contributed by atoms with Crippen molar-refractivity contribution < 1.29 is 0 Å². The number of aliphatic imine (C=N–C) groups is 1. The van der Waals surface area contributed by atoms with Crippen LogP contribution in [0.25, 0.3) is 0 Å². The molecule has 3 heterocycles. The largest absolute Gasteiger partial charge is 0.329 e. The molecule has 0 amide bonds. The molecule has 21 heavy (non-hydrogen) atoms. The van der Waals surface area contributed by atoms with Crippen LogP contribution in [0.1, 0.15) is 24.5 Å². The van der Waals surface area contributed by atoms with Gasteiger partial charge in [-0.1, -0.05) is 18.5 Å². The second kappa shape index (κ2) is 5.29. The maximum atomic E-state index is 12.3. The summed E-state index contributed by atoms with van der Waals surface area (Å²) >= 11 is 5.76. The van der Waals surface area contributed by atoms with Crippen LogP contribution in [0.4, 0.5) is 5.82 Å².